The summed E-state index contributed by atoms with van der Waals surface area (Å²) in [7, 11) is 3.14. The number of aromatic nitrogens is 2. The Bertz CT molecular complexity index is 1230. The van der Waals surface area contributed by atoms with E-state index < -0.39 is 0 Å². The third kappa shape index (κ3) is 6.98. The maximum Gasteiger partial charge on any atom is 0.253 e. The second-order valence-corrected chi connectivity index (χ2v) is 8.17. The highest BCUT2D eigenvalue weighted by molar-refractivity contribution is 9.10. The Hall–Kier alpha value is -4.05. The zero-order chi connectivity index (χ0) is 25.9. The van der Waals surface area contributed by atoms with Gasteiger partial charge < -0.3 is 30.2 Å². The summed E-state index contributed by atoms with van der Waals surface area (Å²) in [5.41, 5.74) is 1.67. The number of amides is 1. The van der Waals surface area contributed by atoms with Crippen LogP contribution in [0, 0.1) is 0 Å². The number of hydrogen-bond donors (Lipinski definition) is 3. The predicted octanol–water partition coefficient (Wildman–Crippen LogP) is 5.61. The molecule has 36 heavy (non-hydrogen) atoms. The number of nitrogens with zero attached hydrogens (tertiary/aromatic N) is 2. The summed E-state index contributed by atoms with van der Waals surface area (Å²) in [5.74, 6) is 2.29. The SMILES string of the molecule is C=CCCOc1ccc(Nc2nc(Nc3ccc(OCC=C)c(OC)c3)ncc2Br)c(C(=O)NC)c1. The first-order valence-electron chi connectivity index (χ1n) is 11.1. The van der Waals surface area contributed by atoms with Crippen molar-refractivity contribution in [1.29, 1.82) is 0 Å². The molecular formula is C26H28BrN5O4. The van der Waals surface area contributed by atoms with E-state index in [0.29, 0.717) is 70.1 Å². The van der Waals surface area contributed by atoms with Crippen molar-refractivity contribution in [2.24, 2.45) is 0 Å². The summed E-state index contributed by atoms with van der Waals surface area (Å²) in [5, 5.41) is 9.02. The minimum atomic E-state index is -0.263. The van der Waals surface area contributed by atoms with E-state index >= 15 is 0 Å². The molecule has 0 fully saturated rings. The van der Waals surface area contributed by atoms with Crippen LogP contribution in [0.15, 0.2) is 72.4 Å². The molecule has 9 nitrogen and oxygen atoms in total. The van der Waals surface area contributed by atoms with Crippen LogP contribution in [0.3, 0.4) is 0 Å². The molecule has 1 heterocycles. The Balaban J connectivity index is 1.84. The molecule has 0 aliphatic heterocycles. The quantitative estimate of drug-likeness (QED) is 0.185. The molecule has 0 saturated carbocycles. The predicted molar refractivity (Wildman–Crippen MR) is 145 cm³/mol. The molecule has 0 radical (unpaired) electrons. The molecule has 188 valence electrons. The second-order valence-electron chi connectivity index (χ2n) is 7.32. The molecule has 2 aromatic carbocycles. The first-order chi connectivity index (χ1) is 17.5. The van der Waals surface area contributed by atoms with Gasteiger partial charge in [-0.25, -0.2) is 4.98 Å². The van der Waals surface area contributed by atoms with Crippen molar-refractivity contribution < 1.29 is 19.0 Å². The van der Waals surface area contributed by atoms with Gasteiger partial charge in [-0.05, 0) is 52.7 Å². The second kappa shape index (κ2) is 13.1. The Morgan fingerprint density at radius 3 is 2.64 bits per heavy atom. The van der Waals surface area contributed by atoms with Crippen LogP contribution in [0.4, 0.5) is 23.1 Å². The van der Waals surface area contributed by atoms with Gasteiger partial charge in [-0.15, -0.1) is 6.58 Å². The maximum absolute atomic E-state index is 12.5. The molecule has 0 aliphatic rings. The number of halogens is 1. The van der Waals surface area contributed by atoms with Gasteiger partial charge in [-0.3, -0.25) is 4.79 Å². The van der Waals surface area contributed by atoms with Gasteiger partial charge in [0, 0.05) is 25.0 Å². The van der Waals surface area contributed by atoms with Gasteiger partial charge in [0.15, 0.2) is 11.5 Å². The van der Waals surface area contributed by atoms with Crippen molar-refractivity contribution in [3.63, 3.8) is 0 Å². The summed E-state index contributed by atoms with van der Waals surface area (Å²) in [4.78, 5) is 21.4. The fourth-order valence-corrected chi connectivity index (χ4v) is 3.38. The van der Waals surface area contributed by atoms with E-state index in [1.165, 1.54) is 0 Å². The number of carbonyl (C=O) groups is 1. The third-order valence-electron chi connectivity index (χ3n) is 4.83. The van der Waals surface area contributed by atoms with Crippen molar-refractivity contribution in [3.8, 4) is 17.2 Å². The average molecular weight is 554 g/mol. The monoisotopic (exact) mass is 553 g/mol. The molecule has 0 aliphatic carbocycles. The normalized spacial score (nSPS) is 10.2. The van der Waals surface area contributed by atoms with Crippen LogP contribution >= 0.6 is 15.9 Å². The third-order valence-corrected chi connectivity index (χ3v) is 5.41. The molecule has 0 spiro atoms. The molecule has 0 bridgehead atoms. The number of ether oxygens (including phenoxy) is 3. The lowest BCUT2D eigenvalue weighted by Gasteiger charge is -2.15. The Morgan fingerprint density at radius 1 is 1.08 bits per heavy atom. The van der Waals surface area contributed by atoms with E-state index in [-0.39, 0.29) is 5.91 Å². The Morgan fingerprint density at radius 2 is 1.92 bits per heavy atom. The molecule has 1 aromatic heterocycles. The molecule has 3 N–H and O–H groups in total. The summed E-state index contributed by atoms with van der Waals surface area (Å²) in [6, 6.07) is 10.6. The van der Waals surface area contributed by atoms with Crippen molar-refractivity contribution in [3.05, 3.63) is 77.9 Å². The molecule has 0 saturated heterocycles. The summed E-state index contributed by atoms with van der Waals surface area (Å²) >= 11 is 3.47. The molecule has 1 amide bonds. The number of anilines is 4. The largest absolute Gasteiger partial charge is 0.493 e. The number of methoxy groups -OCH3 is 1. The molecule has 0 atom stereocenters. The summed E-state index contributed by atoms with van der Waals surface area (Å²) in [6.45, 7) is 8.18. The van der Waals surface area contributed by atoms with Crippen molar-refractivity contribution >= 4 is 45.0 Å². The Labute approximate surface area is 218 Å². The first-order valence-corrected chi connectivity index (χ1v) is 11.9. The van der Waals surface area contributed by atoms with Crippen molar-refractivity contribution in [1.82, 2.24) is 15.3 Å². The van der Waals surface area contributed by atoms with E-state index in [4.69, 9.17) is 14.2 Å². The number of carbonyl (C=O) groups excluding carboxylic acids is 1. The maximum atomic E-state index is 12.5. The smallest absolute Gasteiger partial charge is 0.253 e. The minimum absolute atomic E-state index is 0.263. The highest BCUT2D eigenvalue weighted by Crippen LogP contribution is 2.32. The number of hydrogen-bond acceptors (Lipinski definition) is 8. The number of rotatable bonds is 13. The van der Waals surface area contributed by atoms with Crippen LogP contribution in [-0.4, -0.2) is 43.2 Å². The lowest BCUT2D eigenvalue weighted by molar-refractivity contribution is 0.0963. The van der Waals surface area contributed by atoms with Gasteiger partial charge in [-0.1, -0.05) is 18.7 Å². The van der Waals surface area contributed by atoms with Crippen molar-refractivity contribution in [2.75, 3.05) is 38.0 Å². The number of nitrogens with one attached hydrogen (secondary N) is 3. The zero-order valence-corrected chi connectivity index (χ0v) is 21.7. The molecule has 10 heteroatoms. The fraction of sp³-hybridized carbons (Fsp3) is 0.192. The van der Waals surface area contributed by atoms with Crippen LogP contribution in [0.5, 0.6) is 17.2 Å². The van der Waals surface area contributed by atoms with E-state index in [2.05, 4.69) is 55.0 Å². The lowest BCUT2D eigenvalue weighted by atomic mass is 10.1. The van der Waals surface area contributed by atoms with Gasteiger partial charge in [0.25, 0.3) is 5.91 Å². The summed E-state index contributed by atoms with van der Waals surface area (Å²) < 4.78 is 17.3. The first kappa shape index (κ1) is 26.6. The van der Waals surface area contributed by atoms with Crippen LogP contribution in [-0.2, 0) is 0 Å². The highest BCUT2D eigenvalue weighted by atomic mass is 79.9. The molecular weight excluding hydrogens is 526 g/mol. The minimum Gasteiger partial charge on any atom is -0.493 e. The Kier molecular flexibility index (Phi) is 9.70. The van der Waals surface area contributed by atoms with E-state index in [0.717, 1.165) is 0 Å². The lowest BCUT2D eigenvalue weighted by Crippen LogP contribution is -2.19. The molecule has 0 unspecified atom stereocenters. The zero-order valence-electron chi connectivity index (χ0n) is 20.1. The summed E-state index contributed by atoms with van der Waals surface area (Å²) in [6.07, 6.45) is 5.75. The van der Waals surface area contributed by atoms with Gasteiger partial charge in [0.2, 0.25) is 5.95 Å². The van der Waals surface area contributed by atoms with Gasteiger partial charge in [-0.2, -0.15) is 4.98 Å². The number of benzene rings is 2. The van der Waals surface area contributed by atoms with Gasteiger partial charge >= 0.3 is 0 Å². The average Bonchev–Trinajstić information content (AvgIpc) is 2.90. The van der Waals surface area contributed by atoms with Crippen LogP contribution in [0.2, 0.25) is 0 Å². The van der Waals surface area contributed by atoms with Crippen LogP contribution in [0.25, 0.3) is 0 Å². The highest BCUT2D eigenvalue weighted by Gasteiger charge is 2.15. The molecule has 3 rings (SSSR count). The van der Waals surface area contributed by atoms with E-state index in [9.17, 15) is 4.79 Å². The van der Waals surface area contributed by atoms with E-state index in [1.807, 2.05) is 6.07 Å². The standard InChI is InChI=1S/C26H28BrN5O4/c1-5-7-13-35-18-9-10-21(19(15-18)25(33)28-3)31-24-20(27)16-29-26(32-24)30-17-8-11-22(36-12-6-2)23(14-17)34-4/h5-6,8-11,14-16H,1-2,7,12-13H2,3-4H3,(H,28,33)(H2,29,30,31,32). The van der Waals surface area contributed by atoms with Crippen LogP contribution < -0.4 is 30.2 Å². The van der Waals surface area contributed by atoms with Crippen LogP contribution in [0.1, 0.15) is 16.8 Å². The van der Waals surface area contributed by atoms with E-state index in [1.54, 1.807) is 62.8 Å². The topological polar surface area (TPSA) is 107 Å². The molecule has 3 aromatic rings. The fourth-order valence-electron chi connectivity index (χ4n) is 3.09. The van der Waals surface area contributed by atoms with Crippen molar-refractivity contribution in [2.45, 2.75) is 6.42 Å². The van der Waals surface area contributed by atoms with Gasteiger partial charge in [0.05, 0.1) is 29.4 Å². The van der Waals surface area contributed by atoms with Gasteiger partial charge in [0.1, 0.15) is 18.2 Å².